The molecule has 0 saturated heterocycles. The number of furan rings is 1. The van der Waals surface area contributed by atoms with Crippen LogP contribution in [0.3, 0.4) is 0 Å². The molecule has 0 bridgehead atoms. The molecule has 0 aliphatic heterocycles. The molecule has 10 rings (SSSR count). The zero-order valence-electron chi connectivity index (χ0n) is 27.8. The van der Waals surface area contributed by atoms with E-state index in [-0.39, 0.29) is 0 Å². The molecule has 2 aromatic heterocycles. The normalized spacial score (nSPS) is 11.5. The van der Waals surface area contributed by atoms with Crippen molar-refractivity contribution in [1.29, 1.82) is 0 Å². The lowest BCUT2D eigenvalue weighted by Gasteiger charge is -2.27. The summed E-state index contributed by atoms with van der Waals surface area (Å²) in [5.41, 5.74) is 13.2. The molecule has 51 heavy (non-hydrogen) atoms. The van der Waals surface area contributed by atoms with Gasteiger partial charge in [-0.2, -0.15) is 0 Å². The highest BCUT2D eigenvalue weighted by Gasteiger charge is 2.22. The van der Waals surface area contributed by atoms with E-state index in [1.54, 1.807) is 0 Å². The Labute approximate surface area is 295 Å². The Kier molecular flexibility index (Phi) is 6.81. The predicted molar refractivity (Wildman–Crippen MR) is 214 cm³/mol. The van der Waals surface area contributed by atoms with Gasteiger partial charge in [-0.05, 0) is 95.1 Å². The molecular formula is C48H32N2O. The molecule has 0 aliphatic rings. The van der Waals surface area contributed by atoms with Crippen molar-refractivity contribution in [2.45, 2.75) is 0 Å². The van der Waals surface area contributed by atoms with Crippen molar-refractivity contribution in [2.24, 2.45) is 0 Å². The van der Waals surface area contributed by atoms with Gasteiger partial charge in [0.1, 0.15) is 11.2 Å². The zero-order chi connectivity index (χ0) is 33.7. The third kappa shape index (κ3) is 4.90. The SMILES string of the molecule is c1ccc(-c2cccc(N(c3ccc4c(c3)c3cc(-c5ccccc5)ccc3n4-c3ccccc3)c3cccc4oc5ccccc5c34)c2)cc1. The minimum Gasteiger partial charge on any atom is -0.456 e. The number of fused-ring (bicyclic) bond motifs is 6. The molecular weight excluding hydrogens is 621 g/mol. The van der Waals surface area contributed by atoms with Crippen molar-refractivity contribution >= 4 is 60.8 Å². The zero-order valence-corrected chi connectivity index (χ0v) is 27.8. The average molecular weight is 653 g/mol. The predicted octanol–water partition coefficient (Wildman–Crippen LogP) is 13.5. The molecule has 8 aromatic carbocycles. The Morgan fingerprint density at radius 2 is 0.941 bits per heavy atom. The summed E-state index contributed by atoms with van der Waals surface area (Å²) < 4.78 is 8.80. The summed E-state index contributed by atoms with van der Waals surface area (Å²) in [6, 6.07) is 69.2. The van der Waals surface area contributed by atoms with E-state index in [0.29, 0.717) is 0 Å². The highest BCUT2D eigenvalue weighted by Crippen LogP contribution is 2.45. The fourth-order valence-electron chi connectivity index (χ4n) is 7.64. The van der Waals surface area contributed by atoms with Crippen LogP contribution in [0.4, 0.5) is 17.1 Å². The number of benzene rings is 8. The topological polar surface area (TPSA) is 21.3 Å². The number of para-hydroxylation sites is 2. The van der Waals surface area contributed by atoms with Crippen LogP contribution in [0, 0.1) is 0 Å². The number of nitrogens with zero attached hydrogens (tertiary/aromatic N) is 2. The van der Waals surface area contributed by atoms with E-state index >= 15 is 0 Å². The Balaban J connectivity index is 1.26. The summed E-state index contributed by atoms with van der Waals surface area (Å²) in [7, 11) is 0. The Morgan fingerprint density at radius 1 is 0.373 bits per heavy atom. The van der Waals surface area contributed by atoms with E-state index in [4.69, 9.17) is 4.42 Å². The van der Waals surface area contributed by atoms with Crippen molar-refractivity contribution in [1.82, 2.24) is 4.57 Å². The number of aromatic nitrogens is 1. The van der Waals surface area contributed by atoms with E-state index in [0.717, 1.165) is 55.8 Å². The van der Waals surface area contributed by atoms with Crippen molar-refractivity contribution in [3.63, 3.8) is 0 Å². The highest BCUT2D eigenvalue weighted by molar-refractivity contribution is 6.15. The minimum atomic E-state index is 0.868. The average Bonchev–Trinajstić information content (AvgIpc) is 3.75. The van der Waals surface area contributed by atoms with Crippen molar-refractivity contribution in [2.75, 3.05) is 4.90 Å². The number of anilines is 3. The first-order valence-corrected chi connectivity index (χ1v) is 17.4. The number of hydrogen-bond donors (Lipinski definition) is 0. The van der Waals surface area contributed by atoms with Crippen molar-refractivity contribution < 1.29 is 4.42 Å². The van der Waals surface area contributed by atoms with E-state index < -0.39 is 0 Å². The summed E-state index contributed by atoms with van der Waals surface area (Å²) in [6.07, 6.45) is 0. The molecule has 3 nitrogen and oxygen atoms in total. The second-order valence-electron chi connectivity index (χ2n) is 13.0. The summed E-state index contributed by atoms with van der Waals surface area (Å²) >= 11 is 0. The van der Waals surface area contributed by atoms with Gasteiger partial charge in [-0.1, -0.05) is 121 Å². The van der Waals surface area contributed by atoms with Crippen LogP contribution < -0.4 is 4.90 Å². The van der Waals surface area contributed by atoms with Gasteiger partial charge in [0.25, 0.3) is 0 Å². The van der Waals surface area contributed by atoms with Gasteiger partial charge in [-0.3, -0.25) is 0 Å². The second kappa shape index (κ2) is 11.9. The molecule has 0 spiro atoms. The number of hydrogen-bond acceptors (Lipinski definition) is 2. The van der Waals surface area contributed by atoms with Crippen LogP contribution >= 0.6 is 0 Å². The van der Waals surface area contributed by atoms with Crippen LogP contribution in [0.5, 0.6) is 0 Å². The lowest BCUT2D eigenvalue weighted by atomic mass is 10.0. The van der Waals surface area contributed by atoms with Crippen LogP contribution in [0.25, 0.3) is 71.7 Å². The molecule has 0 amide bonds. The summed E-state index contributed by atoms with van der Waals surface area (Å²) in [5, 5.41) is 4.59. The van der Waals surface area contributed by atoms with Gasteiger partial charge in [0, 0.05) is 33.2 Å². The van der Waals surface area contributed by atoms with Crippen LogP contribution in [0.2, 0.25) is 0 Å². The fourth-order valence-corrected chi connectivity index (χ4v) is 7.64. The molecule has 0 atom stereocenters. The van der Waals surface area contributed by atoms with Crippen molar-refractivity contribution in [3.05, 3.63) is 194 Å². The standard InChI is InChI=1S/C48H32N2O/c1-4-14-33(15-5-1)35-18-12-21-38(30-35)49(45-23-13-25-47-48(45)40-22-10-11-24-46(40)51-47)39-27-29-44-42(32-39)41-31-36(34-16-6-2-7-17-34)26-28-43(41)50(44)37-19-8-3-9-20-37/h1-32H. The first-order valence-electron chi connectivity index (χ1n) is 17.4. The molecule has 2 heterocycles. The maximum absolute atomic E-state index is 6.41. The molecule has 3 heteroatoms. The smallest absolute Gasteiger partial charge is 0.137 e. The summed E-state index contributed by atoms with van der Waals surface area (Å²) in [6.45, 7) is 0. The van der Waals surface area contributed by atoms with Gasteiger partial charge in [-0.15, -0.1) is 0 Å². The maximum atomic E-state index is 6.41. The maximum Gasteiger partial charge on any atom is 0.137 e. The third-order valence-corrected chi connectivity index (χ3v) is 9.96. The fraction of sp³-hybridized carbons (Fsp3) is 0. The van der Waals surface area contributed by atoms with Gasteiger partial charge in [0.15, 0.2) is 0 Å². The molecule has 0 fully saturated rings. The van der Waals surface area contributed by atoms with Crippen LogP contribution in [-0.4, -0.2) is 4.57 Å². The van der Waals surface area contributed by atoms with Crippen molar-refractivity contribution in [3.8, 4) is 27.9 Å². The van der Waals surface area contributed by atoms with E-state index in [9.17, 15) is 0 Å². The molecule has 0 radical (unpaired) electrons. The largest absolute Gasteiger partial charge is 0.456 e. The van der Waals surface area contributed by atoms with E-state index in [1.807, 2.05) is 12.1 Å². The lowest BCUT2D eigenvalue weighted by molar-refractivity contribution is 0.669. The lowest BCUT2D eigenvalue weighted by Crippen LogP contribution is -2.10. The molecule has 0 N–H and O–H groups in total. The molecule has 0 unspecified atom stereocenters. The first-order chi connectivity index (χ1) is 25.3. The van der Waals surface area contributed by atoms with Gasteiger partial charge in [-0.25, -0.2) is 0 Å². The van der Waals surface area contributed by atoms with E-state index in [1.165, 1.54) is 33.0 Å². The van der Waals surface area contributed by atoms with Gasteiger partial charge in [0.2, 0.25) is 0 Å². The summed E-state index contributed by atoms with van der Waals surface area (Å²) in [4.78, 5) is 2.39. The summed E-state index contributed by atoms with van der Waals surface area (Å²) in [5.74, 6) is 0. The Hall–Kier alpha value is -6.84. The molecule has 0 saturated carbocycles. The van der Waals surface area contributed by atoms with E-state index in [2.05, 4.69) is 191 Å². The molecule has 0 aliphatic carbocycles. The monoisotopic (exact) mass is 652 g/mol. The molecule has 240 valence electrons. The Morgan fingerprint density at radius 3 is 1.71 bits per heavy atom. The quantitative estimate of drug-likeness (QED) is 0.178. The highest BCUT2D eigenvalue weighted by atomic mass is 16.3. The third-order valence-electron chi connectivity index (χ3n) is 9.96. The van der Waals surface area contributed by atoms with Gasteiger partial charge >= 0.3 is 0 Å². The van der Waals surface area contributed by atoms with Crippen LogP contribution in [0.15, 0.2) is 199 Å². The van der Waals surface area contributed by atoms with Crippen LogP contribution in [0.1, 0.15) is 0 Å². The molecule has 10 aromatic rings. The second-order valence-corrected chi connectivity index (χ2v) is 13.0. The first kappa shape index (κ1) is 29.1. The minimum absolute atomic E-state index is 0.868. The van der Waals surface area contributed by atoms with Gasteiger partial charge < -0.3 is 13.9 Å². The van der Waals surface area contributed by atoms with Crippen LogP contribution in [-0.2, 0) is 0 Å². The number of rotatable bonds is 6. The van der Waals surface area contributed by atoms with Gasteiger partial charge in [0.05, 0.1) is 22.1 Å². The Bertz CT molecular complexity index is 2850.